The van der Waals surface area contributed by atoms with Crippen molar-refractivity contribution in [1.29, 1.82) is 0 Å². The zero-order valence-electron chi connectivity index (χ0n) is 12.0. The van der Waals surface area contributed by atoms with E-state index in [4.69, 9.17) is 0 Å². The van der Waals surface area contributed by atoms with Crippen molar-refractivity contribution in [3.8, 4) is 0 Å². The van der Waals surface area contributed by atoms with Gasteiger partial charge in [-0.25, -0.2) is 4.39 Å². The molecule has 0 bridgehead atoms. The molecule has 2 rings (SSSR count). The lowest BCUT2D eigenvalue weighted by Crippen LogP contribution is -2.24. The van der Waals surface area contributed by atoms with Crippen molar-refractivity contribution in [3.05, 3.63) is 35.6 Å². The maximum atomic E-state index is 12.8. The molecule has 0 spiro atoms. The van der Waals surface area contributed by atoms with Crippen LogP contribution in [0.1, 0.15) is 37.4 Å². The van der Waals surface area contributed by atoms with E-state index in [1.165, 1.54) is 51.0 Å². The van der Waals surface area contributed by atoms with Crippen molar-refractivity contribution < 1.29 is 9.50 Å². The third-order valence-electron chi connectivity index (χ3n) is 3.87. The summed E-state index contributed by atoms with van der Waals surface area (Å²) in [5.74, 6) is -0.268. The predicted molar refractivity (Wildman–Crippen MR) is 79.1 cm³/mol. The smallest absolute Gasteiger partial charge is 0.123 e. The van der Waals surface area contributed by atoms with Gasteiger partial charge < -0.3 is 15.3 Å². The molecule has 3 nitrogen and oxygen atoms in total. The van der Waals surface area contributed by atoms with Crippen molar-refractivity contribution >= 4 is 0 Å². The van der Waals surface area contributed by atoms with Gasteiger partial charge in [-0.15, -0.1) is 0 Å². The Morgan fingerprint density at radius 3 is 2.55 bits per heavy atom. The number of aliphatic hydroxyl groups excluding tert-OH is 1. The number of halogens is 1. The van der Waals surface area contributed by atoms with E-state index in [2.05, 4.69) is 10.2 Å². The van der Waals surface area contributed by atoms with Gasteiger partial charge in [0.05, 0.1) is 6.10 Å². The third kappa shape index (κ3) is 5.19. The summed E-state index contributed by atoms with van der Waals surface area (Å²) in [4.78, 5) is 2.52. The van der Waals surface area contributed by atoms with Crippen molar-refractivity contribution in [2.75, 3.05) is 32.7 Å². The van der Waals surface area contributed by atoms with Gasteiger partial charge in [0.1, 0.15) is 5.82 Å². The largest absolute Gasteiger partial charge is 0.387 e. The van der Waals surface area contributed by atoms with Gasteiger partial charge in [0, 0.05) is 6.54 Å². The summed E-state index contributed by atoms with van der Waals surface area (Å²) >= 11 is 0. The maximum absolute atomic E-state index is 12.8. The molecule has 112 valence electrons. The highest BCUT2D eigenvalue weighted by Crippen LogP contribution is 2.12. The highest BCUT2D eigenvalue weighted by Gasteiger charge is 2.10. The van der Waals surface area contributed by atoms with Crippen molar-refractivity contribution in [2.24, 2.45) is 0 Å². The Morgan fingerprint density at radius 2 is 1.85 bits per heavy atom. The van der Waals surface area contributed by atoms with Crippen LogP contribution in [0.2, 0.25) is 0 Å². The number of aliphatic hydroxyl groups is 1. The highest BCUT2D eigenvalue weighted by molar-refractivity contribution is 5.18. The molecule has 0 radical (unpaired) electrons. The van der Waals surface area contributed by atoms with Gasteiger partial charge in [-0.1, -0.05) is 12.1 Å². The summed E-state index contributed by atoms with van der Waals surface area (Å²) in [6.45, 7) is 5.16. The van der Waals surface area contributed by atoms with Crippen LogP contribution in [0.5, 0.6) is 0 Å². The minimum Gasteiger partial charge on any atom is -0.387 e. The molecule has 2 N–H and O–H groups in total. The molecule has 1 saturated heterocycles. The van der Waals surface area contributed by atoms with E-state index in [-0.39, 0.29) is 5.82 Å². The normalized spacial score (nSPS) is 17.5. The summed E-state index contributed by atoms with van der Waals surface area (Å²) in [6, 6.07) is 6.04. The lowest BCUT2D eigenvalue weighted by molar-refractivity contribution is 0.174. The van der Waals surface area contributed by atoms with E-state index in [9.17, 15) is 9.50 Å². The van der Waals surface area contributed by atoms with Crippen LogP contribution in [0.25, 0.3) is 0 Å². The number of nitrogens with one attached hydrogen (secondary N) is 1. The highest BCUT2D eigenvalue weighted by atomic mass is 19.1. The summed E-state index contributed by atoms with van der Waals surface area (Å²) in [6.07, 6.45) is 4.48. The van der Waals surface area contributed by atoms with Gasteiger partial charge in [0.25, 0.3) is 0 Å². The molecular formula is C16H25FN2O. The van der Waals surface area contributed by atoms with Gasteiger partial charge in [0.2, 0.25) is 0 Å². The van der Waals surface area contributed by atoms with E-state index < -0.39 is 6.10 Å². The van der Waals surface area contributed by atoms with E-state index in [1.54, 1.807) is 12.1 Å². The molecule has 1 aliphatic heterocycles. The summed E-state index contributed by atoms with van der Waals surface area (Å²) in [7, 11) is 0. The zero-order chi connectivity index (χ0) is 14.2. The zero-order valence-corrected chi connectivity index (χ0v) is 12.0. The van der Waals surface area contributed by atoms with Crippen LogP contribution in [0.4, 0.5) is 4.39 Å². The average molecular weight is 280 g/mol. The topological polar surface area (TPSA) is 35.5 Å². The molecule has 1 heterocycles. The van der Waals surface area contributed by atoms with Gasteiger partial charge in [-0.05, 0) is 69.6 Å². The van der Waals surface area contributed by atoms with E-state index in [0.29, 0.717) is 6.54 Å². The van der Waals surface area contributed by atoms with Crippen LogP contribution in [0, 0.1) is 5.82 Å². The Morgan fingerprint density at radius 1 is 1.15 bits per heavy atom. The van der Waals surface area contributed by atoms with Gasteiger partial charge in [-0.2, -0.15) is 0 Å². The molecule has 0 amide bonds. The maximum Gasteiger partial charge on any atom is 0.123 e. The second kappa shape index (κ2) is 8.35. The standard InChI is InChI=1S/C16H25FN2O/c17-15-7-5-14(6-8-15)16(20)13-18-9-1-2-10-19-11-3-4-12-19/h5-8,16,18,20H,1-4,9-13H2. The lowest BCUT2D eigenvalue weighted by Gasteiger charge is -2.15. The Bertz CT molecular complexity index is 377. The first kappa shape index (κ1) is 15.4. The first-order valence-corrected chi connectivity index (χ1v) is 7.62. The average Bonchev–Trinajstić information content (AvgIpc) is 2.96. The Hall–Kier alpha value is -0.970. The molecule has 1 fully saturated rings. The molecule has 1 unspecified atom stereocenters. The molecule has 1 aromatic carbocycles. The molecule has 1 aromatic rings. The van der Waals surface area contributed by atoms with Gasteiger partial charge >= 0.3 is 0 Å². The Kier molecular flexibility index (Phi) is 6.43. The van der Waals surface area contributed by atoms with Crippen molar-refractivity contribution in [3.63, 3.8) is 0 Å². The first-order valence-electron chi connectivity index (χ1n) is 7.62. The van der Waals surface area contributed by atoms with Crippen LogP contribution in [0.3, 0.4) is 0 Å². The van der Waals surface area contributed by atoms with E-state index in [0.717, 1.165) is 18.5 Å². The van der Waals surface area contributed by atoms with Gasteiger partial charge in [0.15, 0.2) is 0 Å². The van der Waals surface area contributed by atoms with Crippen molar-refractivity contribution in [2.45, 2.75) is 31.8 Å². The minimum absolute atomic E-state index is 0.268. The van der Waals surface area contributed by atoms with Crippen LogP contribution in [-0.4, -0.2) is 42.7 Å². The van der Waals surface area contributed by atoms with Crippen LogP contribution in [-0.2, 0) is 0 Å². The fourth-order valence-electron chi connectivity index (χ4n) is 2.63. The fourth-order valence-corrected chi connectivity index (χ4v) is 2.63. The number of nitrogens with zero attached hydrogens (tertiary/aromatic N) is 1. The number of hydrogen-bond acceptors (Lipinski definition) is 3. The minimum atomic E-state index is -0.561. The SMILES string of the molecule is OC(CNCCCCN1CCCC1)c1ccc(F)cc1. The fraction of sp³-hybridized carbons (Fsp3) is 0.625. The quantitative estimate of drug-likeness (QED) is 0.717. The molecule has 0 aliphatic carbocycles. The second-order valence-electron chi connectivity index (χ2n) is 5.53. The molecule has 0 aromatic heterocycles. The van der Waals surface area contributed by atoms with Crippen molar-refractivity contribution in [1.82, 2.24) is 10.2 Å². The summed E-state index contributed by atoms with van der Waals surface area (Å²) in [5, 5.41) is 13.2. The molecule has 1 atom stereocenters. The Labute approximate surface area is 120 Å². The van der Waals surface area contributed by atoms with E-state index >= 15 is 0 Å². The molecular weight excluding hydrogens is 255 g/mol. The Balaban J connectivity index is 1.52. The molecule has 20 heavy (non-hydrogen) atoms. The summed E-state index contributed by atoms with van der Waals surface area (Å²) in [5.41, 5.74) is 0.760. The van der Waals surface area contributed by atoms with Crippen LogP contribution < -0.4 is 5.32 Å². The van der Waals surface area contributed by atoms with E-state index in [1.807, 2.05) is 0 Å². The lowest BCUT2D eigenvalue weighted by atomic mass is 10.1. The number of benzene rings is 1. The number of likely N-dealkylation sites (tertiary alicyclic amines) is 1. The number of rotatable bonds is 8. The van der Waals surface area contributed by atoms with Crippen LogP contribution >= 0.6 is 0 Å². The number of unbranched alkanes of at least 4 members (excludes halogenated alkanes) is 1. The first-order chi connectivity index (χ1) is 9.75. The number of hydrogen-bond donors (Lipinski definition) is 2. The van der Waals surface area contributed by atoms with Crippen LogP contribution in [0.15, 0.2) is 24.3 Å². The molecule has 1 aliphatic rings. The monoisotopic (exact) mass is 280 g/mol. The summed E-state index contributed by atoms with van der Waals surface area (Å²) < 4.78 is 12.8. The third-order valence-corrected chi connectivity index (χ3v) is 3.87. The van der Waals surface area contributed by atoms with Gasteiger partial charge in [-0.3, -0.25) is 0 Å². The molecule has 4 heteroatoms. The molecule has 0 saturated carbocycles. The second-order valence-corrected chi connectivity index (χ2v) is 5.53. The predicted octanol–water partition coefficient (Wildman–Crippen LogP) is 2.32.